The average molecular weight is 213 g/mol. The largest absolute Gasteiger partial charge is 0.312 e. The molecule has 0 aliphatic rings. The summed E-state index contributed by atoms with van der Waals surface area (Å²) in [7, 11) is 0. The van der Waals surface area contributed by atoms with Gasteiger partial charge in [-0.3, -0.25) is 0 Å². The van der Waals surface area contributed by atoms with Gasteiger partial charge in [-0.2, -0.15) is 5.26 Å². The normalized spacial score (nSPS) is 9.79. The summed E-state index contributed by atoms with van der Waals surface area (Å²) < 4.78 is 13.2. The number of nitriles is 1. The summed E-state index contributed by atoms with van der Waals surface area (Å²) in [5.74, 6) is -0.318. The van der Waals surface area contributed by atoms with Gasteiger partial charge in [-0.15, -0.1) is 0 Å². The van der Waals surface area contributed by atoms with Crippen LogP contribution in [0.1, 0.15) is 12.0 Å². The first-order chi connectivity index (χ1) is 6.74. The number of benzene rings is 1. The predicted molar refractivity (Wildman–Crippen MR) is 53.3 cm³/mol. The highest BCUT2D eigenvalue weighted by Crippen LogP contribution is 2.14. The Morgan fingerprint density at radius 3 is 2.93 bits per heavy atom. The zero-order valence-corrected chi connectivity index (χ0v) is 8.31. The van der Waals surface area contributed by atoms with Crippen LogP contribution >= 0.6 is 11.6 Å². The van der Waals surface area contributed by atoms with Gasteiger partial charge < -0.3 is 5.32 Å². The molecule has 74 valence electrons. The average Bonchev–Trinajstić information content (AvgIpc) is 2.15. The molecule has 0 spiro atoms. The lowest BCUT2D eigenvalue weighted by Crippen LogP contribution is -2.15. The molecule has 0 atom stereocenters. The maximum absolute atomic E-state index is 13.2. The van der Waals surface area contributed by atoms with Crippen molar-refractivity contribution in [2.75, 3.05) is 6.54 Å². The summed E-state index contributed by atoms with van der Waals surface area (Å²) in [5, 5.41) is 11.6. The van der Waals surface area contributed by atoms with E-state index in [1.54, 1.807) is 12.1 Å². The zero-order chi connectivity index (χ0) is 10.4. The Labute approximate surface area is 87.3 Å². The fourth-order valence-electron chi connectivity index (χ4n) is 1.03. The molecule has 0 unspecified atom stereocenters. The van der Waals surface area contributed by atoms with Crippen LogP contribution < -0.4 is 5.32 Å². The molecular weight excluding hydrogens is 203 g/mol. The molecular formula is C10H10ClFN2. The summed E-state index contributed by atoms with van der Waals surface area (Å²) in [6, 6.07) is 6.56. The lowest BCUT2D eigenvalue weighted by atomic mass is 10.2. The summed E-state index contributed by atoms with van der Waals surface area (Å²) in [5.41, 5.74) is 0.562. The van der Waals surface area contributed by atoms with Crippen LogP contribution in [-0.2, 0) is 6.54 Å². The van der Waals surface area contributed by atoms with E-state index in [4.69, 9.17) is 16.9 Å². The quantitative estimate of drug-likeness (QED) is 0.779. The van der Waals surface area contributed by atoms with Crippen molar-refractivity contribution in [3.8, 4) is 6.07 Å². The van der Waals surface area contributed by atoms with Crippen molar-refractivity contribution < 1.29 is 4.39 Å². The van der Waals surface area contributed by atoms with Crippen LogP contribution in [-0.4, -0.2) is 6.54 Å². The Hall–Kier alpha value is -1.11. The molecule has 0 radical (unpaired) electrons. The van der Waals surface area contributed by atoms with Crippen molar-refractivity contribution >= 4 is 11.6 Å². The van der Waals surface area contributed by atoms with Gasteiger partial charge in [0, 0.05) is 30.1 Å². The smallest absolute Gasteiger partial charge is 0.129 e. The van der Waals surface area contributed by atoms with Crippen molar-refractivity contribution in [2.24, 2.45) is 0 Å². The third-order valence-electron chi connectivity index (χ3n) is 1.74. The molecule has 0 fully saturated rings. The van der Waals surface area contributed by atoms with Crippen LogP contribution in [0.3, 0.4) is 0 Å². The van der Waals surface area contributed by atoms with Gasteiger partial charge in [0.1, 0.15) is 5.82 Å². The molecule has 1 N–H and O–H groups in total. The number of halogens is 2. The predicted octanol–water partition coefficient (Wildman–Crippen LogP) is 2.48. The monoisotopic (exact) mass is 212 g/mol. The topological polar surface area (TPSA) is 35.8 Å². The van der Waals surface area contributed by atoms with Gasteiger partial charge in [-0.25, -0.2) is 4.39 Å². The molecule has 14 heavy (non-hydrogen) atoms. The van der Waals surface area contributed by atoms with Crippen LogP contribution in [0.5, 0.6) is 0 Å². The molecule has 1 aromatic rings. The lowest BCUT2D eigenvalue weighted by molar-refractivity contribution is 0.590. The molecule has 0 heterocycles. The van der Waals surface area contributed by atoms with Gasteiger partial charge in [0.15, 0.2) is 0 Å². The van der Waals surface area contributed by atoms with Crippen molar-refractivity contribution in [3.05, 3.63) is 34.6 Å². The number of hydrogen-bond acceptors (Lipinski definition) is 2. The van der Waals surface area contributed by atoms with E-state index >= 15 is 0 Å². The fraction of sp³-hybridized carbons (Fsp3) is 0.300. The number of rotatable bonds is 4. The third-order valence-corrected chi connectivity index (χ3v) is 1.98. The van der Waals surface area contributed by atoms with E-state index in [9.17, 15) is 4.39 Å². The molecule has 0 aliphatic heterocycles. The van der Waals surface area contributed by atoms with Crippen LogP contribution in [0.2, 0.25) is 5.02 Å². The Balaban J connectivity index is 2.47. The van der Waals surface area contributed by atoms with Crippen LogP contribution in [0, 0.1) is 17.1 Å². The highest BCUT2D eigenvalue weighted by atomic mass is 35.5. The van der Waals surface area contributed by atoms with Gasteiger partial charge >= 0.3 is 0 Å². The van der Waals surface area contributed by atoms with Crippen LogP contribution in [0.15, 0.2) is 18.2 Å². The second-order valence-corrected chi connectivity index (χ2v) is 3.26. The second-order valence-electron chi connectivity index (χ2n) is 2.82. The Morgan fingerprint density at radius 1 is 1.50 bits per heavy atom. The Morgan fingerprint density at radius 2 is 2.29 bits per heavy atom. The molecule has 0 bridgehead atoms. The van der Waals surface area contributed by atoms with Gasteiger partial charge in [-0.05, 0) is 12.1 Å². The minimum Gasteiger partial charge on any atom is -0.312 e. The molecule has 0 aliphatic carbocycles. The molecule has 0 saturated heterocycles. The van der Waals surface area contributed by atoms with E-state index in [2.05, 4.69) is 5.32 Å². The van der Waals surface area contributed by atoms with Crippen LogP contribution in [0.4, 0.5) is 4.39 Å². The maximum Gasteiger partial charge on any atom is 0.129 e. The van der Waals surface area contributed by atoms with Crippen LogP contribution in [0.25, 0.3) is 0 Å². The minimum atomic E-state index is -0.318. The first-order valence-electron chi connectivity index (χ1n) is 4.25. The summed E-state index contributed by atoms with van der Waals surface area (Å²) in [4.78, 5) is 0. The number of hydrogen-bond donors (Lipinski definition) is 1. The Kier molecular flexibility index (Phi) is 4.37. The molecule has 1 rings (SSSR count). The first-order valence-corrected chi connectivity index (χ1v) is 4.63. The number of nitrogens with one attached hydrogen (secondary N) is 1. The SMILES string of the molecule is N#CCCNCc1ccc(Cl)cc1F. The van der Waals surface area contributed by atoms with Crippen molar-refractivity contribution in [1.82, 2.24) is 5.32 Å². The summed E-state index contributed by atoms with van der Waals surface area (Å²) >= 11 is 5.60. The Bertz CT molecular complexity index is 346. The van der Waals surface area contributed by atoms with E-state index < -0.39 is 0 Å². The van der Waals surface area contributed by atoms with E-state index in [0.717, 1.165) is 0 Å². The van der Waals surface area contributed by atoms with Gasteiger partial charge in [0.05, 0.1) is 6.07 Å². The van der Waals surface area contributed by atoms with E-state index in [-0.39, 0.29) is 5.82 Å². The molecule has 0 amide bonds. The summed E-state index contributed by atoms with van der Waals surface area (Å²) in [6.45, 7) is 0.989. The third kappa shape index (κ3) is 3.33. The van der Waals surface area contributed by atoms with Crippen molar-refractivity contribution in [1.29, 1.82) is 5.26 Å². The highest BCUT2D eigenvalue weighted by Gasteiger charge is 2.01. The molecule has 0 aromatic heterocycles. The molecule has 1 aromatic carbocycles. The molecule has 4 heteroatoms. The summed E-state index contributed by atoms with van der Waals surface area (Å²) in [6.07, 6.45) is 0.426. The lowest BCUT2D eigenvalue weighted by Gasteiger charge is -2.04. The number of nitrogens with zero attached hydrogens (tertiary/aromatic N) is 1. The highest BCUT2D eigenvalue weighted by molar-refractivity contribution is 6.30. The molecule has 2 nitrogen and oxygen atoms in total. The van der Waals surface area contributed by atoms with Crippen molar-refractivity contribution in [3.63, 3.8) is 0 Å². The molecule has 0 saturated carbocycles. The van der Waals surface area contributed by atoms with Gasteiger partial charge in [0.2, 0.25) is 0 Å². The standard InChI is InChI=1S/C10H10ClFN2/c11-9-3-2-8(10(12)6-9)7-14-5-1-4-13/h2-3,6,14H,1,5,7H2. The first kappa shape index (κ1) is 11.0. The fourth-order valence-corrected chi connectivity index (χ4v) is 1.19. The van der Waals surface area contributed by atoms with Crippen molar-refractivity contribution in [2.45, 2.75) is 13.0 Å². The van der Waals surface area contributed by atoms with Gasteiger partial charge in [-0.1, -0.05) is 17.7 Å². The van der Waals surface area contributed by atoms with E-state index in [0.29, 0.717) is 30.1 Å². The van der Waals surface area contributed by atoms with Gasteiger partial charge in [0.25, 0.3) is 0 Å². The minimum absolute atomic E-state index is 0.318. The zero-order valence-electron chi connectivity index (χ0n) is 7.56. The second kappa shape index (κ2) is 5.58. The maximum atomic E-state index is 13.2. The van der Waals surface area contributed by atoms with E-state index in [1.807, 2.05) is 6.07 Å². The van der Waals surface area contributed by atoms with E-state index in [1.165, 1.54) is 6.07 Å².